The Morgan fingerprint density at radius 1 is 0.268 bits per heavy atom. The van der Waals surface area contributed by atoms with E-state index in [1.165, 1.54) is 0 Å². The number of rotatable bonds is 0. The number of H-pyrrole nitrogens is 2. The van der Waals surface area contributed by atoms with Crippen molar-refractivity contribution in [1.29, 1.82) is 0 Å². The molecular formula is C33H5F15N8. The molecule has 0 saturated carbocycles. The Morgan fingerprint density at radius 2 is 0.500 bits per heavy atom. The molecule has 0 saturated heterocycles. The molecule has 2 N–H and O–H groups in total. The van der Waals surface area contributed by atoms with E-state index < -0.39 is 183 Å². The Hall–Kier alpha value is -6.81. The van der Waals surface area contributed by atoms with Crippen molar-refractivity contribution in [3.8, 4) is 45.6 Å². The van der Waals surface area contributed by atoms with Crippen molar-refractivity contribution in [2.24, 2.45) is 0 Å². The van der Waals surface area contributed by atoms with Crippen LogP contribution in [0, 0.1) is 94.2 Å². The first-order valence-electron chi connectivity index (χ1n) is 15.0. The van der Waals surface area contributed by atoms with Gasteiger partial charge in [-0.3, -0.25) is 0 Å². The highest BCUT2D eigenvalue weighted by Gasteiger charge is 2.37. The lowest BCUT2D eigenvalue weighted by molar-refractivity contribution is 0.412. The summed E-state index contributed by atoms with van der Waals surface area (Å²) in [6.07, 6.45) is 0. The van der Waals surface area contributed by atoms with Crippen LogP contribution in [0.1, 0.15) is 5.56 Å². The van der Waals surface area contributed by atoms with E-state index in [0.717, 1.165) is 6.92 Å². The van der Waals surface area contributed by atoms with E-state index in [4.69, 9.17) is 0 Å². The third-order valence-electron chi connectivity index (χ3n) is 8.95. The molecule has 2 aliphatic rings. The first-order valence-corrected chi connectivity index (χ1v) is 15.0. The van der Waals surface area contributed by atoms with E-state index in [1.54, 1.807) is 0 Å². The number of nitrogens with one attached hydrogen (secondary N) is 2. The molecule has 23 heteroatoms. The third kappa shape index (κ3) is 4.29. The highest BCUT2D eigenvalue weighted by Crippen LogP contribution is 2.44. The molecule has 0 fully saturated rings. The van der Waals surface area contributed by atoms with Crippen LogP contribution >= 0.6 is 0 Å². The van der Waals surface area contributed by atoms with E-state index in [0.29, 0.717) is 0 Å². The quantitative estimate of drug-likeness (QED) is 0.0900. The zero-order valence-electron chi connectivity index (χ0n) is 26.4. The van der Waals surface area contributed by atoms with Gasteiger partial charge in [-0.05, 0) is 6.92 Å². The molecule has 56 heavy (non-hydrogen) atoms. The number of hydrogen-bond acceptors (Lipinski definition) is 6. The molecule has 7 aromatic rings. The summed E-state index contributed by atoms with van der Waals surface area (Å²) in [5.74, 6) is -39.0. The minimum Gasteiger partial charge on any atom is -0.324 e. The normalized spacial score (nSPS) is 12.3. The van der Waals surface area contributed by atoms with E-state index in [2.05, 4.69) is 34.9 Å². The minimum absolute atomic E-state index is 0.734. The number of aromatic amines is 2. The summed E-state index contributed by atoms with van der Waals surface area (Å²) in [5.41, 5.74) is -11.3. The average Bonchev–Trinajstić information content (AvgIpc) is 3.92. The van der Waals surface area contributed by atoms with Crippen molar-refractivity contribution in [1.82, 2.24) is 39.9 Å². The lowest BCUT2D eigenvalue weighted by atomic mass is 10.1. The van der Waals surface area contributed by atoms with Gasteiger partial charge < -0.3 is 9.97 Å². The lowest BCUT2D eigenvalue weighted by Crippen LogP contribution is -2.01. The van der Waals surface area contributed by atoms with Crippen molar-refractivity contribution < 1.29 is 65.9 Å². The van der Waals surface area contributed by atoms with Crippen LogP contribution in [0.5, 0.6) is 0 Å². The minimum atomic E-state index is -2.50. The van der Waals surface area contributed by atoms with E-state index in [-0.39, 0.29) is 0 Å². The first kappa shape index (κ1) is 34.9. The maximum absolute atomic E-state index is 15.8. The fourth-order valence-corrected chi connectivity index (χ4v) is 6.38. The molecule has 8 nitrogen and oxygen atoms in total. The number of hydrogen-bond donors (Lipinski definition) is 2. The Morgan fingerprint density at radius 3 is 0.786 bits per heavy atom. The fourth-order valence-electron chi connectivity index (χ4n) is 6.38. The maximum atomic E-state index is 15.8. The van der Waals surface area contributed by atoms with Gasteiger partial charge in [0.2, 0.25) is 0 Å². The van der Waals surface area contributed by atoms with Gasteiger partial charge in [0.1, 0.15) is 28.4 Å². The SMILES string of the molecule is Cc1c(F)c(F)c2c3nc4nc(nc5[nH]c(nc6nc(nc([nH]3)c2c1F)-c1c(F)c(F)c(F)c(F)c1-6)c1c(F)c(F)c(F)c(F)c51)-c1c(F)c(F)c(F)c(F)c1-4. The second-order valence-electron chi connectivity index (χ2n) is 11.9. The summed E-state index contributed by atoms with van der Waals surface area (Å²) in [4.78, 5) is 26.2. The number of aromatic nitrogens is 8. The Bertz CT molecular complexity index is 2820. The predicted molar refractivity (Wildman–Crippen MR) is 160 cm³/mol. The Labute approximate surface area is 295 Å². The maximum Gasteiger partial charge on any atom is 0.198 e. The van der Waals surface area contributed by atoms with Crippen LogP contribution < -0.4 is 0 Å². The topological polar surface area (TPSA) is 109 Å². The van der Waals surface area contributed by atoms with Crippen LogP contribution in [0.4, 0.5) is 65.9 Å². The molecule has 0 unspecified atom stereocenters. The van der Waals surface area contributed by atoms with Gasteiger partial charge in [-0.1, -0.05) is 0 Å². The smallest absolute Gasteiger partial charge is 0.198 e. The number of fused-ring (bicyclic) bond motifs is 20. The van der Waals surface area contributed by atoms with Gasteiger partial charge in [0.05, 0.1) is 43.8 Å². The summed E-state index contributed by atoms with van der Waals surface area (Å²) in [6, 6.07) is 0. The van der Waals surface area contributed by atoms with Gasteiger partial charge in [-0.25, -0.2) is 95.8 Å². The van der Waals surface area contributed by atoms with Crippen LogP contribution in [-0.4, -0.2) is 39.9 Å². The number of halogens is 15. The van der Waals surface area contributed by atoms with Crippen LogP contribution in [0.3, 0.4) is 0 Å². The first-order chi connectivity index (χ1) is 26.4. The van der Waals surface area contributed by atoms with Gasteiger partial charge >= 0.3 is 0 Å². The van der Waals surface area contributed by atoms with Crippen molar-refractivity contribution in [2.75, 3.05) is 0 Å². The highest BCUT2D eigenvalue weighted by atomic mass is 19.2. The van der Waals surface area contributed by atoms with Gasteiger partial charge in [-0.15, -0.1) is 0 Å². The van der Waals surface area contributed by atoms with Crippen molar-refractivity contribution in [3.05, 3.63) is 92.8 Å². The molecule has 0 amide bonds. The molecule has 2 aliphatic heterocycles. The molecule has 3 aromatic heterocycles. The molecule has 9 rings (SSSR count). The molecule has 5 heterocycles. The molecule has 4 aromatic carbocycles. The summed E-state index contributed by atoms with van der Waals surface area (Å²) >= 11 is 0. The number of nitrogens with zero attached hydrogens (tertiary/aromatic N) is 6. The average molecular weight is 798 g/mol. The molecule has 282 valence electrons. The standard InChI is InChI=1S/C33H5F15N8/c1-2-11(34)3-4(13(36)12(2)35)27-49-26(3)50-28-5-6(15(38)21(44)20(43)14(5)37)30(52-28)54-32-9-10(19(42)25(48)24(47)18(9)41)33(56-32)55-31-8-7(29(51-27)53-31)16(39)22(45)23(46)17(8)40/h1H3,(H2,49,50,51,52,53,54,55,56). The van der Waals surface area contributed by atoms with Crippen molar-refractivity contribution in [3.63, 3.8) is 0 Å². The van der Waals surface area contributed by atoms with Crippen LogP contribution in [0.15, 0.2) is 0 Å². The largest absolute Gasteiger partial charge is 0.324 e. The van der Waals surface area contributed by atoms with Crippen molar-refractivity contribution >= 4 is 44.1 Å². The van der Waals surface area contributed by atoms with E-state index >= 15 is 35.1 Å². The molecule has 0 spiro atoms. The summed E-state index contributed by atoms with van der Waals surface area (Å²) in [7, 11) is 0. The summed E-state index contributed by atoms with van der Waals surface area (Å²) < 4.78 is 227. The van der Waals surface area contributed by atoms with Gasteiger partial charge in [0, 0.05) is 5.56 Å². The van der Waals surface area contributed by atoms with Gasteiger partial charge in [0.25, 0.3) is 0 Å². The summed E-state index contributed by atoms with van der Waals surface area (Å²) in [6.45, 7) is 0.734. The lowest BCUT2D eigenvalue weighted by Gasteiger charge is -2.05. The Kier molecular flexibility index (Phi) is 7.09. The highest BCUT2D eigenvalue weighted by molar-refractivity contribution is 6.07. The summed E-state index contributed by atoms with van der Waals surface area (Å²) in [5, 5.41) is -5.13. The monoisotopic (exact) mass is 798 g/mol. The Balaban J connectivity index is 1.61. The molecule has 0 aliphatic carbocycles. The zero-order chi connectivity index (χ0) is 40.1. The van der Waals surface area contributed by atoms with Crippen LogP contribution in [-0.2, 0) is 0 Å². The van der Waals surface area contributed by atoms with Crippen LogP contribution in [0.25, 0.3) is 89.7 Å². The second-order valence-corrected chi connectivity index (χ2v) is 11.9. The fraction of sp³-hybridized carbons (Fsp3) is 0.0303. The molecule has 0 radical (unpaired) electrons. The number of benzene rings is 4. The van der Waals surface area contributed by atoms with Gasteiger partial charge in [-0.2, -0.15) is 0 Å². The van der Waals surface area contributed by atoms with Gasteiger partial charge in [0.15, 0.2) is 105 Å². The van der Waals surface area contributed by atoms with Crippen molar-refractivity contribution in [2.45, 2.75) is 6.92 Å². The molecule has 0 atom stereocenters. The predicted octanol–water partition coefficient (Wildman–Crippen LogP) is 9.26. The molecule has 8 bridgehead atoms. The van der Waals surface area contributed by atoms with E-state index in [1.807, 2.05) is 4.98 Å². The second kappa shape index (κ2) is 11.4. The molecular weight excluding hydrogens is 793 g/mol. The van der Waals surface area contributed by atoms with E-state index in [9.17, 15) is 30.7 Å². The van der Waals surface area contributed by atoms with Crippen LogP contribution in [0.2, 0.25) is 0 Å². The third-order valence-corrected chi connectivity index (χ3v) is 8.95. The zero-order valence-corrected chi connectivity index (χ0v) is 26.4.